The summed E-state index contributed by atoms with van der Waals surface area (Å²) in [5.74, 6) is 0. The summed E-state index contributed by atoms with van der Waals surface area (Å²) in [6.07, 6.45) is 0. The molecule has 14 rings (SSSR count). The summed E-state index contributed by atoms with van der Waals surface area (Å²) in [4.78, 5) is 0. The van der Waals surface area contributed by atoms with E-state index in [1.54, 1.807) is 0 Å². The summed E-state index contributed by atoms with van der Waals surface area (Å²) < 4.78 is 0. The summed E-state index contributed by atoms with van der Waals surface area (Å²) in [6, 6.07) is 110. The number of fused-ring (bicyclic) bond motifs is 5. The SMILES string of the molecule is Cc1ccc(-c2ccc3ccccc3c2)cc1.Cc1ccc(-c2cccc3ccccc23)cc1.Cc1ccc(C(C)(C)C)cc1.Cc1ccc2ccccc2c1.Cc1cccc(-c2cccc3ccccc23)c1.Cc1cccc2ccccc12. The van der Waals surface area contributed by atoms with Crippen molar-refractivity contribution in [2.45, 2.75) is 67.7 Å². The quantitative estimate of drug-likeness (QED) is 0.165. The minimum atomic E-state index is 0.285. The lowest BCUT2D eigenvalue weighted by Gasteiger charge is -2.18. The second-order valence-corrected chi connectivity index (χ2v) is 23.0. The molecule has 0 fully saturated rings. The molecule has 0 saturated heterocycles. The molecule has 0 aliphatic carbocycles. The van der Waals surface area contributed by atoms with Gasteiger partial charge in [0.2, 0.25) is 0 Å². The van der Waals surface area contributed by atoms with E-state index >= 15 is 0 Å². The Morgan fingerprint density at radius 3 is 1.07 bits per heavy atom. The molecular weight excluding hydrogens is 1010 g/mol. The zero-order valence-corrected chi connectivity index (χ0v) is 50.4. The molecular formula is C84H78. The summed E-state index contributed by atoms with van der Waals surface area (Å²) in [5, 5.41) is 13.2. The Balaban J connectivity index is 0.000000122. The van der Waals surface area contributed by atoms with Crippen molar-refractivity contribution in [1.29, 1.82) is 0 Å². The molecule has 0 aromatic heterocycles. The molecule has 414 valence electrons. The fourth-order valence-corrected chi connectivity index (χ4v) is 10.4. The van der Waals surface area contributed by atoms with Crippen LogP contribution in [-0.2, 0) is 5.41 Å². The van der Waals surface area contributed by atoms with Crippen LogP contribution in [0.5, 0.6) is 0 Å². The number of hydrogen-bond donors (Lipinski definition) is 0. The lowest BCUT2D eigenvalue weighted by Crippen LogP contribution is -2.10. The van der Waals surface area contributed by atoms with Gasteiger partial charge in [-0.15, -0.1) is 0 Å². The molecule has 0 aliphatic heterocycles. The third-order valence-corrected chi connectivity index (χ3v) is 15.2. The smallest absolute Gasteiger partial charge is 0.0105 e. The lowest BCUT2D eigenvalue weighted by molar-refractivity contribution is 0.590. The fourth-order valence-electron chi connectivity index (χ4n) is 10.4. The molecule has 0 amide bonds. The highest BCUT2D eigenvalue weighted by atomic mass is 14.2. The maximum atomic E-state index is 2.25. The fraction of sp³-hybridized carbons (Fsp3) is 0.119. The minimum absolute atomic E-state index is 0.285. The average Bonchev–Trinajstić information content (AvgIpc) is 3.71. The number of rotatable bonds is 3. The Bertz CT molecular complexity index is 4350. The van der Waals surface area contributed by atoms with Gasteiger partial charge in [-0.25, -0.2) is 0 Å². The predicted octanol–water partition coefficient (Wildman–Crippen LogP) is 24.0. The first-order valence-corrected chi connectivity index (χ1v) is 29.4. The first-order valence-electron chi connectivity index (χ1n) is 29.4. The lowest BCUT2D eigenvalue weighted by atomic mass is 9.87. The van der Waals surface area contributed by atoms with Crippen LogP contribution in [-0.4, -0.2) is 0 Å². The van der Waals surface area contributed by atoms with Gasteiger partial charge >= 0.3 is 0 Å². The topological polar surface area (TPSA) is 0 Å². The van der Waals surface area contributed by atoms with Crippen LogP contribution in [0.15, 0.2) is 309 Å². The van der Waals surface area contributed by atoms with E-state index < -0.39 is 0 Å². The molecule has 0 unspecified atom stereocenters. The molecule has 0 heterocycles. The van der Waals surface area contributed by atoms with E-state index in [4.69, 9.17) is 0 Å². The third-order valence-electron chi connectivity index (χ3n) is 15.2. The highest BCUT2D eigenvalue weighted by Gasteiger charge is 2.12. The van der Waals surface area contributed by atoms with Gasteiger partial charge in [-0.3, -0.25) is 0 Å². The maximum Gasteiger partial charge on any atom is -0.0105 e. The van der Waals surface area contributed by atoms with Gasteiger partial charge in [0, 0.05) is 0 Å². The van der Waals surface area contributed by atoms with E-state index in [-0.39, 0.29) is 5.41 Å². The monoisotopic (exact) mass is 1090 g/mol. The molecule has 0 spiro atoms. The molecule has 14 aromatic rings. The molecule has 84 heavy (non-hydrogen) atoms. The molecule has 0 bridgehead atoms. The predicted molar refractivity (Wildman–Crippen MR) is 370 cm³/mol. The van der Waals surface area contributed by atoms with Crippen LogP contribution in [0, 0.1) is 41.5 Å². The Morgan fingerprint density at radius 1 is 0.202 bits per heavy atom. The Kier molecular flexibility index (Phi) is 19.9. The van der Waals surface area contributed by atoms with Gasteiger partial charge in [0.05, 0.1) is 0 Å². The molecule has 14 aromatic carbocycles. The number of aryl methyl sites for hydroxylation is 6. The van der Waals surface area contributed by atoms with Crippen molar-refractivity contribution < 1.29 is 0 Å². The minimum Gasteiger partial charge on any atom is -0.0616 e. The maximum absolute atomic E-state index is 2.25. The molecule has 0 heteroatoms. The van der Waals surface area contributed by atoms with Gasteiger partial charge in [0.1, 0.15) is 0 Å². The number of benzene rings is 14. The van der Waals surface area contributed by atoms with Crippen LogP contribution < -0.4 is 0 Å². The Labute approximate surface area is 500 Å². The van der Waals surface area contributed by atoms with Crippen LogP contribution in [0.2, 0.25) is 0 Å². The molecule has 0 saturated carbocycles. The van der Waals surface area contributed by atoms with Crippen LogP contribution in [0.25, 0.3) is 87.2 Å². The van der Waals surface area contributed by atoms with Crippen LogP contribution in [0.4, 0.5) is 0 Å². The van der Waals surface area contributed by atoms with Crippen molar-refractivity contribution in [3.8, 4) is 33.4 Å². The van der Waals surface area contributed by atoms with Crippen molar-refractivity contribution >= 4 is 53.9 Å². The normalized spacial score (nSPS) is 10.7. The molecule has 0 N–H and O–H groups in total. The van der Waals surface area contributed by atoms with Gasteiger partial charge in [-0.05, 0) is 151 Å². The highest BCUT2D eigenvalue weighted by molar-refractivity contribution is 5.98. The Morgan fingerprint density at radius 2 is 0.560 bits per heavy atom. The van der Waals surface area contributed by atoms with Crippen LogP contribution >= 0.6 is 0 Å². The van der Waals surface area contributed by atoms with E-state index in [1.165, 1.54) is 126 Å². The van der Waals surface area contributed by atoms with Gasteiger partial charge in [-0.1, -0.05) is 352 Å². The highest BCUT2D eigenvalue weighted by Crippen LogP contribution is 2.31. The second kappa shape index (κ2) is 28.4. The zero-order chi connectivity index (χ0) is 58.8. The average molecular weight is 1090 g/mol. The van der Waals surface area contributed by atoms with Crippen LogP contribution in [0.3, 0.4) is 0 Å². The molecule has 0 radical (unpaired) electrons. The summed E-state index contributed by atoms with van der Waals surface area (Å²) in [5.41, 5.74) is 17.4. The van der Waals surface area contributed by atoms with Gasteiger partial charge < -0.3 is 0 Å². The third kappa shape index (κ3) is 16.1. The number of hydrogen-bond acceptors (Lipinski definition) is 0. The molecule has 0 atom stereocenters. The molecule has 0 aliphatic rings. The van der Waals surface area contributed by atoms with E-state index in [1.807, 2.05) is 0 Å². The second-order valence-electron chi connectivity index (χ2n) is 23.0. The van der Waals surface area contributed by atoms with E-state index in [0.717, 1.165) is 0 Å². The van der Waals surface area contributed by atoms with E-state index in [9.17, 15) is 0 Å². The summed E-state index contributed by atoms with van der Waals surface area (Å²) in [7, 11) is 0. The first-order chi connectivity index (χ1) is 40.7. The van der Waals surface area contributed by atoms with Crippen molar-refractivity contribution in [3.63, 3.8) is 0 Å². The van der Waals surface area contributed by atoms with Crippen molar-refractivity contribution in [2.75, 3.05) is 0 Å². The van der Waals surface area contributed by atoms with Gasteiger partial charge in [0.25, 0.3) is 0 Å². The zero-order valence-electron chi connectivity index (χ0n) is 50.4. The summed E-state index contributed by atoms with van der Waals surface area (Å²) in [6.45, 7) is 19.4. The standard InChI is InChI=1S/3C17H14.2C11H10.C11H16/c1-13-6-4-9-15(12-13)17-11-5-8-14-7-2-3-10-16(14)17;1-13-9-11-15(12-10-13)17-8-4-6-14-5-2-3-7-16(14)17;1-13-6-8-15(9-7-13)17-11-10-14-4-2-3-5-16(14)12-17;1-9-5-4-7-10-6-2-3-8-11(9)10;1-9-6-7-10-4-2-3-5-11(10)8-9;1-9-5-7-10(8-6-9)11(2,3)4/h3*2-12H,1H3;2*2-8H,1H3;5-8H,1-4H3. The van der Waals surface area contributed by atoms with Crippen molar-refractivity contribution in [1.82, 2.24) is 0 Å². The van der Waals surface area contributed by atoms with Crippen molar-refractivity contribution in [3.05, 3.63) is 348 Å². The largest absolute Gasteiger partial charge is 0.0616 e. The van der Waals surface area contributed by atoms with Gasteiger partial charge in [0.15, 0.2) is 0 Å². The Hall–Kier alpha value is -9.62. The summed E-state index contributed by atoms with van der Waals surface area (Å²) >= 11 is 0. The van der Waals surface area contributed by atoms with E-state index in [2.05, 4.69) is 372 Å². The van der Waals surface area contributed by atoms with Gasteiger partial charge in [-0.2, -0.15) is 0 Å². The van der Waals surface area contributed by atoms with E-state index in [0.29, 0.717) is 0 Å². The first kappa shape index (κ1) is 59.0. The molecule has 0 nitrogen and oxygen atoms in total. The van der Waals surface area contributed by atoms with Crippen LogP contribution in [0.1, 0.15) is 59.7 Å². The van der Waals surface area contributed by atoms with Crippen molar-refractivity contribution in [2.24, 2.45) is 0 Å².